The van der Waals surface area contributed by atoms with Gasteiger partial charge in [-0.05, 0) is 24.6 Å². The molecular formula is C13H13F3N4. The summed E-state index contributed by atoms with van der Waals surface area (Å²) in [5, 5.41) is 0. The lowest BCUT2D eigenvalue weighted by molar-refractivity contribution is -0.138. The number of rotatable bonds is 3. The summed E-state index contributed by atoms with van der Waals surface area (Å²) in [5.74, 6) is 5.89. The van der Waals surface area contributed by atoms with Crippen molar-refractivity contribution in [2.45, 2.75) is 19.1 Å². The number of nitrogens with two attached hydrogens (primary N) is 1. The van der Waals surface area contributed by atoms with Gasteiger partial charge in [0.25, 0.3) is 0 Å². The van der Waals surface area contributed by atoms with E-state index in [9.17, 15) is 13.2 Å². The third-order valence-corrected chi connectivity index (χ3v) is 2.84. The van der Waals surface area contributed by atoms with Gasteiger partial charge >= 0.3 is 6.18 Å². The van der Waals surface area contributed by atoms with Crippen LogP contribution in [-0.4, -0.2) is 9.97 Å². The van der Waals surface area contributed by atoms with Crippen molar-refractivity contribution < 1.29 is 13.2 Å². The summed E-state index contributed by atoms with van der Waals surface area (Å²) >= 11 is 0. The number of nitrogens with zero attached hydrogens (tertiary/aromatic N) is 2. The Bertz CT molecular complexity index is 598. The summed E-state index contributed by atoms with van der Waals surface area (Å²) in [7, 11) is 0. The van der Waals surface area contributed by atoms with Gasteiger partial charge in [-0.2, -0.15) is 13.2 Å². The lowest BCUT2D eigenvalue weighted by Crippen LogP contribution is -2.31. The fourth-order valence-corrected chi connectivity index (χ4v) is 1.98. The molecule has 0 aliphatic carbocycles. The normalized spacial score (nSPS) is 13.2. The molecule has 0 bridgehead atoms. The molecule has 7 heteroatoms. The Labute approximate surface area is 113 Å². The minimum atomic E-state index is -4.45. The number of hydrogen-bond acceptors (Lipinski definition) is 4. The van der Waals surface area contributed by atoms with Crippen LogP contribution in [-0.2, 0) is 6.18 Å². The molecule has 0 saturated carbocycles. The first-order chi connectivity index (χ1) is 9.43. The van der Waals surface area contributed by atoms with Crippen LogP contribution >= 0.6 is 0 Å². The first kappa shape index (κ1) is 14.4. The summed E-state index contributed by atoms with van der Waals surface area (Å²) in [6.45, 7) is 1.66. The first-order valence-electron chi connectivity index (χ1n) is 5.85. The molecule has 1 aromatic carbocycles. The summed E-state index contributed by atoms with van der Waals surface area (Å²) in [5.41, 5.74) is 2.06. The van der Waals surface area contributed by atoms with Crippen molar-refractivity contribution in [3.05, 3.63) is 59.2 Å². The quantitative estimate of drug-likeness (QED) is 0.670. The molecule has 0 radical (unpaired) electrons. The lowest BCUT2D eigenvalue weighted by atomic mass is 9.98. The fourth-order valence-electron chi connectivity index (χ4n) is 1.98. The zero-order chi connectivity index (χ0) is 14.8. The van der Waals surface area contributed by atoms with Crippen molar-refractivity contribution in [1.82, 2.24) is 15.4 Å². The molecule has 3 N–H and O–H groups in total. The van der Waals surface area contributed by atoms with Crippen LogP contribution < -0.4 is 11.3 Å². The van der Waals surface area contributed by atoms with Crippen LogP contribution in [0.15, 0.2) is 36.5 Å². The van der Waals surface area contributed by atoms with Crippen LogP contribution in [0.5, 0.6) is 0 Å². The molecule has 2 rings (SSSR count). The Morgan fingerprint density at radius 1 is 1.20 bits per heavy atom. The molecular weight excluding hydrogens is 269 g/mol. The Balaban J connectivity index is 2.53. The highest BCUT2D eigenvalue weighted by atomic mass is 19.4. The maximum absolute atomic E-state index is 13.0. The second kappa shape index (κ2) is 5.56. The number of hydrogen-bond donors (Lipinski definition) is 2. The Morgan fingerprint density at radius 3 is 2.50 bits per heavy atom. The topological polar surface area (TPSA) is 63.8 Å². The van der Waals surface area contributed by atoms with Gasteiger partial charge in [0.15, 0.2) is 0 Å². The highest BCUT2D eigenvalue weighted by molar-refractivity contribution is 5.36. The number of hydrazine groups is 1. The molecule has 1 heterocycles. The zero-order valence-electron chi connectivity index (χ0n) is 10.6. The van der Waals surface area contributed by atoms with Crippen molar-refractivity contribution in [1.29, 1.82) is 0 Å². The Hall–Kier alpha value is -1.99. The van der Waals surface area contributed by atoms with Crippen LogP contribution in [0.4, 0.5) is 13.2 Å². The minimum absolute atomic E-state index is 0.0283. The van der Waals surface area contributed by atoms with Gasteiger partial charge in [-0.25, -0.2) is 15.4 Å². The van der Waals surface area contributed by atoms with Gasteiger partial charge in [-0.15, -0.1) is 0 Å². The molecule has 0 fully saturated rings. The highest BCUT2D eigenvalue weighted by Crippen LogP contribution is 2.35. The maximum atomic E-state index is 13.0. The van der Waals surface area contributed by atoms with E-state index in [4.69, 9.17) is 5.84 Å². The number of alkyl halides is 3. The average molecular weight is 282 g/mol. The van der Waals surface area contributed by atoms with Gasteiger partial charge in [-0.1, -0.05) is 18.2 Å². The van der Waals surface area contributed by atoms with Gasteiger partial charge in [0.05, 0.1) is 17.3 Å². The lowest BCUT2D eigenvalue weighted by Gasteiger charge is -2.20. The average Bonchev–Trinajstić information content (AvgIpc) is 2.39. The SMILES string of the molecule is Cc1nccc(C(NN)c2ccccc2C(F)(F)F)n1. The van der Waals surface area contributed by atoms with E-state index in [1.54, 1.807) is 6.92 Å². The third-order valence-electron chi connectivity index (χ3n) is 2.84. The molecule has 2 aromatic rings. The van der Waals surface area contributed by atoms with E-state index in [2.05, 4.69) is 15.4 Å². The summed E-state index contributed by atoms with van der Waals surface area (Å²) < 4.78 is 39.1. The van der Waals surface area contributed by atoms with E-state index in [1.807, 2.05) is 0 Å². The second-order valence-electron chi connectivity index (χ2n) is 4.21. The first-order valence-corrected chi connectivity index (χ1v) is 5.85. The van der Waals surface area contributed by atoms with Crippen LogP contribution in [0.3, 0.4) is 0 Å². The molecule has 106 valence electrons. The second-order valence-corrected chi connectivity index (χ2v) is 4.21. The molecule has 1 aromatic heterocycles. The number of benzene rings is 1. The smallest absolute Gasteiger partial charge is 0.271 e. The number of aryl methyl sites for hydroxylation is 1. The molecule has 0 spiro atoms. The Morgan fingerprint density at radius 2 is 1.90 bits per heavy atom. The number of halogens is 3. The van der Waals surface area contributed by atoms with E-state index >= 15 is 0 Å². The van der Waals surface area contributed by atoms with Crippen molar-refractivity contribution in [3.8, 4) is 0 Å². The van der Waals surface area contributed by atoms with Crippen LogP contribution in [0, 0.1) is 6.92 Å². The molecule has 4 nitrogen and oxygen atoms in total. The van der Waals surface area contributed by atoms with Crippen LogP contribution in [0.2, 0.25) is 0 Å². The van der Waals surface area contributed by atoms with Crippen molar-refractivity contribution in [3.63, 3.8) is 0 Å². The monoisotopic (exact) mass is 282 g/mol. The van der Waals surface area contributed by atoms with Crippen molar-refractivity contribution in [2.75, 3.05) is 0 Å². The van der Waals surface area contributed by atoms with E-state index in [0.717, 1.165) is 6.07 Å². The molecule has 0 amide bonds. The van der Waals surface area contributed by atoms with Crippen LogP contribution in [0.25, 0.3) is 0 Å². The molecule has 1 atom stereocenters. The van der Waals surface area contributed by atoms with Gasteiger partial charge < -0.3 is 0 Å². The van der Waals surface area contributed by atoms with Crippen molar-refractivity contribution in [2.24, 2.45) is 5.84 Å². The molecule has 1 unspecified atom stereocenters. The molecule has 0 saturated heterocycles. The summed E-state index contributed by atoms with van der Waals surface area (Å²) in [6.07, 6.45) is -2.97. The summed E-state index contributed by atoms with van der Waals surface area (Å²) in [4.78, 5) is 8.04. The fraction of sp³-hybridized carbons (Fsp3) is 0.231. The zero-order valence-corrected chi connectivity index (χ0v) is 10.6. The molecule has 0 aliphatic rings. The minimum Gasteiger partial charge on any atom is -0.271 e. The van der Waals surface area contributed by atoms with Gasteiger partial charge in [0, 0.05) is 6.20 Å². The third kappa shape index (κ3) is 2.94. The molecule has 0 aliphatic heterocycles. The predicted octanol–water partition coefficient (Wildman–Crippen LogP) is 2.36. The van der Waals surface area contributed by atoms with Gasteiger partial charge in [0.1, 0.15) is 5.82 Å². The number of aromatic nitrogens is 2. The highest BCUT2D eigenvalue weighted by Gasteiger charge is 2.35. The summed E-state index contributed by atoms with van der Waals surface area (Å²) in [6, 6.07) is 5.95. The van der Waals surface area contributed by atoms with Gasteiger partial charge in [0.2, 0.25) is 0 Å². The van der Waals surface area contributed by atoms with E-state index < -0.39 is 17.8 Å². The molecule has 20 heavy (non-hydrogen) atoms. The van der Waals surface area contributed by atoms with Crippen LogP contribution in [0.1, 0.15) is 28.7 Å². The Kier molecular flexibility index (Phi) is 4.01. The van der Waals surface area contributed by atoms with E-state index in [-0.39, 0.29) is 5.56 Å². The number of nitrogens with one attached hydrogen (secondary N) is 1. The van der Waals surface area contributed by atoms with Crippen molar-refractivity contribution >= 4 is 0 Å². The van der Waals surface area contributed by atoms with E-state index in [1.165, 1.54) is 30.5 Å². The largest absolute Gasteiger partial charge is 0.416 e. The van der Waals surface area contributed by atoms with E-state index in [0.29, 0.717) is 11.5 Å². The maximum Gasteiger partial charge on any atom is 0.416 e. The van der Waals surface area contributed by atoms with Gasteiger partial charge in [-0.3, -0.25) is 5.84 Å². The predicted molar refractivity (Wildman–Crippen MR) is 67.4 cm³/mol. The standard InChI is InChI=1S/C13H13F3N4/c1-8-18-7-6-11(19-8)12(20-17)9-4-2-3-5-10(9)13(14,15)16/h2-7,12,20H,17H2,1H3.